The minimum absolute atomic E-state index is 0.147. The summed E-state index contributed by atoms with van der Waals surface area (Å²) in [6, 6.07) is 13.4. The zero-order valence-electron chi connectivity index (χ0n) is 15.9. The van der Waals surface area contributed by atoms with Crippen LogP contribution in [0.1, 0.15) is 11.3 Å². The summed E-state index contributed by atoms with van der Waals surface area (Å²) in [4.78, 5) is 16.7. The summed E-state index contributed by atoms with van der Waals surface area (Å²) in [6.07, 6.45) is 3.94. The van der Waals surface area contributed by atoms with E-state index in [1.807, 2.05) is 47.8 Å². The van der Waals surface area contributed by atoms with Crippen LogP contribution in [0.25, 0.3) is 16.6 Å². The Kier molecular flexibility index (Phi) is 5.76. The summed E-state index contributed by atoms with van der Waals surface area (Å²) < 4.78 is 15.9. The first-order chi connectivity index (χ1) is 14.2. The molecule has 4 rings (SSSR count). The first kappa shape index (κ1) is 19.0. The molecule has 1 aromatic heterocycles. The maximum absolute atomic E-state index is 12.1. The SMILES string of the molecule is COc1cccc(-c2nc(CCNC(=O)C=Cc3ccc4c(c3)OCO4)cs2)c1. The molecule has 1 N–H and O–H groups in total. The average molecular weight is 408 g/mol. The van der Waals surface area contributed by atoms with Crippen LogP contribution in [-0.2, 0) is 11.2 Å². The standard InChI is InChI=1S/C22H20N2O4S/c1-26-18-4-2-3-16(12-18)22-24-17(13-29-22)9-10-23-21(25)8-6-15-5-7-19-20(11-15)28-14-27-19/h2-8,11-13H,9-10,14H2,1H3,(H,23,25). The highest BCUT2D eigenvalue weighted by Gasteiger charge is 2.12. The second-order valence-corrected chi connectivity index (χ2v) is 7.22. The Bertz CT molecular complexity index is 1040. The van der Waals surface area contributed by atoms with Crippen molar-refractivity contribution < 1.29 is 19.0 Å². The maximum atomic E-state index is 12.1. The Morgan fingerprint density at radius 2 is 2.14 bits per heavy atom. The molecular weight excluding hydrogens is 388 g/mol. The highest BCUT2D eigenvalue weighted by atomic mass is 32.1. The number of rotatable bonds is 7. The summed E-state index contributed by atoms with van der Waals surface area (Å²) in [5, 5.41) is 5.84. The van der Waals surface area contributed by atoms with Gasteiger partial charge in [0.25, 0.3) is 0 Å². The van der Waals surface area contributed by atoms with E-state index in [1.165, 1.54) is 6.08 Å². The molecule has 0 spiro atoms. The average Bonchev–Trinajstić information content (AvgIpc) is 3.41. The van der Waals surface area contributed by atoms with E-state index in [4.69, 9.17) is 14.2 Å². The number of benzene rings is 2. The molecule has 29 heavy (non-hydrogen) atoms. The van der Waals surface area contributed by atoms with Crippen molar-refractivity contribution in [3.8, 4) is 27.8 Å². The number of hydrogen-bond acceptors (Lipinski definition) is 6. The number of nitrogens with zero attached hydrogens (tertiary/aromatic N) is 1. The molecule has 6 nitrogen and oxygen atoms in total. The fourth-order valence-corrected chi connectivity index (χ4v) is 3.72. The minimum atomic E-state index is -0.147. The third-order valence-corrected chi connectivity index (χ3v) is 5.31. The maximum Gasteiger partial charge on any atom is 0.244 e. The molecule has 1 aliphatic heterocycles. The van der Waals surface area contributed by atoms with Crippen LogP contribution in [0.4, 0.5) is 0 Å². The molecule has 0 radical (unpaired) electrons. The Morgan fingerprint density at radius 3 is 3.03 bits per heavy atom. The Hall–Kier alpha value is -3.32. The first-order valence-corrected chi connectivity index (χ1v) is 10.0. The predicted octanol–water partition coefficient (Wildman–Crippen LogP) is 3.92. The highest BCUT2D eigenvalue weighted by Crippen LogP contribution is 2.32. The number of thiazole rings is 1. The van der Waals surface area contributed by atoms with E-state index in [2.05, 4.69) is 10.3 Å². The lowest BCUT2D eigenvalue weighted by molar-refractivity contribution is -0.116. The lowest BCUT2D eigenvalue weighted by Gasteiger charge is -2.02. The molecule has 1 aliphatic rings. The number of hydrogen-bond donors (Lipinski definition) is 1. The second-order valence-electron chi connectivity index (χ2n) is 6.36. The van der Waals surface area contributed by atoms with Crippen LogP contribution in [0.3, 0.4) is 0 Å². The number of carbonyl (C=O) groups excluding carboxylic acids is 1. The Morgan fingerprint density at radius 1 is 1.24 bits per heavy atom. The largest absolute Gasteiger partial charge is 0.497 e. The van der Waals surface area contributed by atoms with E-state index in [1.54, 1.807) is 24.5 Å². The summed E-state index contributed by atoms with van der Waals surface area (Å²) in [6.45, 7) is 0.755. The van der Waals surface area contributed by atoms with Crippen molar-refractivity contribution in [2.75, 3.05) is 20.4 Å². The number of aromatic nitrogens is 1. The van der Waals surface area contributed by atoms with E-state index in [9.17, 15) is 4.79 Å². The van der Waals surface area contributed by atoms with Gasteiger partial charge in [0.05, 0.1) is 12.8 Å². The molecule has 148 valence electrons. The minimum Gasteiger partial charge on any atom is -0.497 e. The monoisotopic (exact) mass is 408 g/mol. The van der Waals surface area contributed by atoms with E-state index >= 15 is 0 Å². The van der Waals surface area contributed by atoms with Gasteiger partial charge in [-0.2, -0.15) is 0 Å². The van der Waals surface area contributed by atoms with Gasteiger partial charge in [0.15, 0.2) is 11.5 Å². The fourth-order valence-electron chi connectivity index (χ4n) is 2.87. The molecule has 0 saturated carbocycles. The van der Waals surface area contributed by atoms with Gasteiger partial charge >= 0.3 is 0 Å². The third kappa shape index (κ3) is 4.75. The summed E-state index contributed by atoms with van der Waals surface area (Å²) in [5.41, 5.74) is 2.86. The molecule has 2 aromatic carbocycles. The molecule has 0 atom stereocenters. The lowest BCUT2D eigenvalue weighted by Crippen LogP contribution is -2.23. The zero-order valence-corrected chi connectivity index (χ0v) is 16.7. The van der Waals surface area contributed by atoms with Crippen LogP contribution in [-0.4, -0.2) is 31.3 Å². The molecule has 1 amide bonds. The highest BCUT2D eigenvalue weighted by molar-refractivity contribution is 7.13. The molecule has 2 heterocycles. The van der Waals surface area contributed by atoms with Gasteiger partial charge in [-0.15, -0.1) is 11.3 Å². The van der Waals surface area contributed by atoms with Crippen LogP contribution >= 0.6 is 11.3 Å². The quantitative estimate of drug-likeness (QED) is 0.600. The van der Waals surface area contributed by atoms with E-state index in [-0.39, 0.29) is 12.7 Å². The molecule has 7 heteroatoms. The topological polar surface area (TPSA) is 69.7 Å². The van der Waals surface area contributed by atoms with Gasteiger partial charge in [-0.3, -0.25) is 4.79 Å². The smallest absolute Gasteiger partial charge is 0.244 e. The molecule has 0 saturated heterocycles. The molecule has 0 fully saturated rings. The number of methoxy groups -OCH3 is 1. The third-order valence-electron chi connectivity index (χ3n) is 4.37. The van der Waals surface area contributed by atoms with E-state index in [0.717, 1.165) is 33.3 Å². The van der Waals surface area contributed by atoms with Crippen molar-refractivity contribution in [1.29, 1.82) is 0 Å². The van der Waals surface area contributed by atoms with Gasteiger partial charge in [0, 0.05) is 30.0 Å². The molecule has 0 bridgehead atoms. The van der Waals surface area contributed by atoms with Crippen molar-refractivity contribution in [3.05, 3.63) is 65.2 Å². The zero-order chi connectivity index (χ0) is 20.1. The van der Waals surface area contributed by atoms with Crippen molar-refractivity contribution in [2.45, 2.75) is 6.42 Å². The molecule has 3 aromatic rings. The second kappa shape index (κ2) is 8.79. The van der Waals surface area contributed by atoms with Gasteiger partial charge in [-0.1, -0.05) is 18.2 Å². The first-order valence-electron chi connectivity index (χ1n) is 9.16. The van der Waals surface area contributed by atoms with Gasteiger partial charge in [0.2, 0.25) is 12.7 Å². The van der Waals surface area contributed by atoms with Gasteiger partial charge in [-0.05, 0) is 35.9 Å². The van der Waals surface area contributed by atoms with Crippen LogP contribution in [0.2, 0.25) is 0 Å². The van der Waals surface area contributed by atoms with Gasteiger partial charge in [0.1, 0.15) is 10.8 Å². The number of nitrogens with one attached hydrogen (secondary N) is 1. The molecular formula is C22H20N2O4S. The van der Waals surface area contributed by atoms with E-state index < -0.39 is 0 Å². The molecule has 0 aliphatic carbocycles. The summed E-state index contributed by atoms with van der Waals surface area (Å²) in [5.74, 6) is 2.08. The normalized spacial score (nSPS) is 12.3. The van der Waals surface area contributed by atoms with E-state index in [0.29, 0.717) is 18.7 Å². The van der Waals surface area contributed by atoms with Gasteiger partial charge in [-0.25, -0.2) is 4.98 Å². The fraction of sp³-hybridized carbons (Fsp3) is 0.182. The Balaban J connectivity index is 1.28. The van der Waals surface area contributed by atoms with Crippen LogP contribution in [0, 0.1) is 0 Å². The van der Waals surface area contributed by atoms with Crippen molar-refractivity contribution in [3.63, 3.8) is 0 Å². The van der Waals surface area contributed by atoms with Crippen molar-refractivity contribution in [1.82, 2.24) is 10.3 Å². The van der Waals surface area contributed by atoms with Crippen molar-refractivity contribution >= 4 is 23.3 Å². The lowest BCUT2D eigenvalue weighted by atomic mass is 10.2. The number of fused-ring (bicyclic) bond motifs is 1. The van der Waals surface area contributed by atoms with Crippen LogP contribution < -0.4 is 19.5 Å². The summed E-state index contributed by atoms with van der Waals surface area (Å²) in [7, 11) is 1.65. The number of amides is 1. The van der Waals surface area contributed by atoms with Crippen LogP contribution in [0.5, 0.6) is 17.2 Å². The molecule has 0 unspecified atom stereocenters. The number of carbonyl (C=O) groups is 1. The predicted molar refractivity (Wildman–Crippen MR) is 112 cm³/mol. The van der Waals surface area contributed by atoms with Gasteiger partial charge < -0.3 is 19.5 Å². The van der Waals surface area contributed by atoms with Crippen molar-refractivity contribution in [2.24, 2.45) is 0 Å². The number of ether oxygens (including phenoxy) is 3. The summed E-state index contributed by atoms with van der Waals surface area (Å²) >= 11 is 1.58. The Labute approximate surface area is 172 Å². The van der Waals surface area contributed by atoms with Crippen LogP contribution in [0.15, 0.2) is 53.9 Å².